The van der Waals surface area contributed by atoms with Gasteiger partial charge in [0.2, 0.25) is 0 Å². The fraction of sp³-hybridized carbons (Fsp3) is 0.700. The van der Waals surface area contributed by atoms with E-state index in [9.17, 15) is 4.79 Å². The average molecular weight is 168 g/mol. The second-order valence-electron chi connectivity index (χ2n) is 3.86. The van der Waals surface area contributed by atoms with Gasteiger partial charge < -0.3 is 5.11 Å². The van der Waals surface area contributed by atoms with Crippen molar-refractivity contribution >= 4 is 5.78 Å². The topological polar surface area (TPSA) is 37.3 Å². The highest BCUT2D eigenvalue weighted by Crippen LogP contribution is 2.21. The van der Waals surface area contributed by atoms with Crippen LogP contribution in [0.1, 0.15) is 33.1 Å². The van der Waals surface area contributed by atoms with Crippen LogP contribution in [0, 0.1) is 5.92 Å². The molecule has 0 heterocycles. The molecule has 1 unspecified atom stereocenters. The van der Waals surface area contributed by atoms with Crippen molar-refractivity contribution in [2.24, 2.45) is 5.92 Å². The zero-order chi connectivity index (χ0) is 9.14. The lowest BCUT2D eigenvalue weighted by Crippen LogP contribution is -2.22. The third-order valence-corrected chi connectivity index (χ3v) is 2.08. The Balaban J connectivity index is 2.56. The highest BCUT2D eigenvalue weighted by Gasteiger charge is 2.19. The smallest absolute Gasteiger partial charge is 0.184 e. The standard InChI is InChI=1S/C10H16O2/c1-7(2)5-8-3-4-9(11)10(12)6-8/h6-7,9,11H,3-5H2,1-2H3. The predicted molar refractivity (Wildman–Crippen MR) is 47.8 cm³/mol. The van der Waals surface area contributed by atoms with Crippen LogP contribution in [0.4, 0.5) is 0 Å². The number of carbonyl (C=O) groups is 1. The van der Waals surface area contributed by atoms with Crippen LogP contribution in [0.5, 0.6) is 0 Å². The van der Waals surface area contributed by atoms with Crippen LogP contribution in [-0.4, -0.2) is 17.0 Å². The molecule has 0 aromatic heterocycles. The number of aliphatic hydroxyl groups excluding tert-OH is 1. The van der Waals surface area contributed by atoms with E-state index < -0.39 is 6.10 Å². The molecule has 68 valence electrons. The summed E-state index contributed by atoms with van der Waals surface area (Å²) in [5.41, 5.74) is 1.19. The minimum absolute atomic E-state index is 0.114. The number of hydrogen-bond donors (Lipinski definition) is 1. The summed E-state index contributed by atoms with van der Waals surface area (Å²) in [6.07, 6.45) is 3.36. The van der Waals surface area contributed by atoms with E-state index >= 15 is 0 Å². The lowest BCUT2D eigenvalue weighted by atomic mass is 9.91. The maximum atomic E-state index is 11.1. The van der Waals surface area contributed by atoms with E-state index in [4.69, 9.17) is 5.11 Å². The van der Waals surface area contributed by atoms with E-state index in [0.29, 0.717) is 12.3 Å². The van der Waals surface area contributed by atoms with Gasteiger partial charge in [-0.15, -0.1) is 0 Å². The van der Waals surface area contributed by atoms with Crippen molar-refractivity contribution in [3.05, 3.63) is 11.6 Å². The molecule has 0 aromatic carbocycles. The van der Waals surface area contributed by atoms with E-state index in [0.717, 1.165) is 12.8 Å². The van der Waals surface area contributed by atoms with Gasteiger partial charge in [0, 0.05) is 0 Å². The molecule has 0 aliphatic heterocycles. The summed E-state index contributed by atoms with van der Waals surface area (Å²) in [6, 6.07) is 0. The van der Waals surface area contributed by atoms with Gasteiger partial charge in [0.25, 0.3) is 0 Å². The molecule has 1 atom stereocenters. The molecule has 0 aromatic rings. The number of aliphatic hydroxyl groups is 1. The molecule has 0 saturated carbocycles. The summed E-state index contributed by atoms with van der Waals surface area (Å²) >= 11 is 0. The Morgan fingerprint density at radius 1 is 1.67 bits per heavy atom. The second-order valence-corrected chi connectivity index (χ2v) is 3.86. The molecule has 0 bridgehead atoms. The van der Waals surface area contributed by atoms with Crippen molar-refractivity contribution in [2.45, 2.75) is 39.2 Å². The lowest BCUT2D eigenvalue weighted by molar-refractivity contribution is -0.123. The van der Waals surface area contributed by atoms with Gasteiger partial charge in [-0.05, 0) is 31.3 Å². The summed E-state index contributed by atoms with van der Waals surface area (Å²) in [5, 5.41) is 9.14. The molecular weight excluding hydrogens is 152 g/mol. The van der Waals surface area contributed by atoms with E-state index in [1.807, 2.05) is 0 Å². The van der Waals surface area contributed by atoms with Gasteiger partial charge in [-0.3, -0.25) is 4.79 Å². The predicted octanol–water partition coefficient (Wildman–Crippen LogP) is 1.68. The molecule has 1 N–H and O–H groups in total. The average Bonchev–Trinajstić information content (AvgIpc) is 1.96. The Labute approximate surface area is 73.3 Å². The third kappa shape index (κ3) is 2.45. The fourth-order valence-electron chi connectivity index (χ4n) is 1.52. The Morgan fingerprint density at radius 2 is 2.33 bits per heavy atom. The summed E-state index contributed by atoms with van der Waals surface area (Å²) in [7, 11) is 0. The molecule has 0 amide bonds. The molecule has 0 saturated heterocycles. The van der Waals surface area contributed by atoms with Gasteiger partial charge in [0.1, 0.15) is 6.10 Å². The van der Waals surface area contributed by atoms with Gasteiger partial charge in [0.15, 0.2) is 5.78 Å². The molecule has 1 rings (SSSR count). The van der Waals surface area contributed by atoms with Crippen LogP contribution in [0.15, 0.2) is 11.6 Å². The van der Waals surface area contributed by atoms with Gasteiger partial charge in [-0.25, -0.2) is 0 Å². The number of allylic oxidation sites excluding steroid dienone is 1. The largest absolute Gasteiger partial charge is 0.385 e. The number of ketones is 1. The van der Waals surface area contributed by atoms with E-state index in [1.54, 1.807) is 6.08 Å². The molecule has 12 heavy (non-hydrogen) atoms. The van der Waals surface area contributed by atoms with E-state index in [-0.39, 0.29) is 5.78 Å². The van der Waals surface area contributed by atoms with Gasteiger partial charge >= 0.3 is 0 Å². The molecule has 0 radical (unpaired) electrons. The van der Waals surface area contributed by atoms with Crippen LogP contribution in [0.25, 0.3) is 0 Å². The van der Waals surface area contributed by atoms with Crippen molar-refractivity contribution in [1.82, 2.24) is 0 Å². The Kier molecular flexibility index (Phi) is 3.04. The molecule has 2 nitrogen and oxygen atoms in total. The van der Waals surface area contributed by atoms with Crippen molar-refractivity contribution in [3.63, 3.8) is 0 Å². The maximum Gasteiger partial charge on any atom is 0.184 e. The molecule has 0 spiro atoms. The van der Waals surface area contributed by atoms with Crippen molar-refractivity contribution < 1.29 is 9.90 Å². The second kappa shape index (κ2) is 3.85. The Bertz CT molecular complexity index is 204. The third-order valence-electron chi connectivity index (χ3n) is 2.08. The van der Waals surface area contributed by atoms with Crippen LogP contribution in [0.2, 0.25) is 0 Å². The number of rotatable bonds is 2. The van der Waals surface area contributed by atoms with Crippen LogP contribution in [0.3, 0.4) is 0 Å². The molecule has 1 aliphatic rings. The first-order valence-electron chi connectivity index (χ1n) is 4.51. The highest BCUT2D eigenvalue weighted by molar-refractivity contribution is 5.94. The van der Waals surface area contributed by atoms with Crippen LogP contribution in [-0.2, 0) is 4.79 Å². The fourth-order valence-corrected chi connectivity index (χ4v) is 1.52. The Hall–Kier alpha value is -0.630. The van der Waals surface area contributed by atoms with Crippen LogP contribution < -0.4 is 0 Å². The zero-order valence-electron chi connectivity index (χ0n) is 7.71. The first-order chi connectivity index (χ1) is 5.59. The monoisotopic (exact) mass is 168 g/mol. The molecule has 0 fully saturated rings. The quantitative estimate of drug-likeness (QED) is 0.681. The molecular formula is C10H16O2. The van der Waals surface area contributed by atoms with Crippen LogP contribution >= 0.6 is 0 Å². The first-order valence-corrected chi connectivity index (χ1v) is 4.51. The molecule has 2 heteroatoms. The zero-order valence-corrected chi connectivity index (χ0v) is 7.71. The first kappa shape index (κ1) is 9.46. The summed E-state index contributed by atoms with van der Waals surface area (Å²) in [5.74, 6) is 0.483. The summed E-state index contributed by atoms with van der Waals surface area (Å²) in [6.45, 7) is 4.27. The number of carbonyl (C=O) groups excluding carboxylic acids is 1. The van der Waals surface area contributed by atoms with E-state index in [1.165, 1.54) is 5.57 Å². The minimum atomic E-state index is -0.735. The molecule has 1 aliphatic carbocycles. The SMILES string of the molecule is CC(C)CC1=CC(=O)C(O)CC1. The van der Waals surface area contributed by atoms with Gasteiger partial charge in [0.05, 0.1) is 0 Å². The Morgan fingerprint density at radius 3 is 2.83 bits per heavy atom. The van der Waals surface area contributed by atoms with Gasteiger partial charge in [-0.1, -0.05) is 19.4 Å². The van der Waals surface area contributed by atoms with Crippen molar-refractivity contribution in [2.75, 3.05) is 0 Å². The highest BCUT2D eigenvalue weighted by atomic mass is 16.3. The normalized spacial score (nSPS) is 24.5. The van der Waals surface area contributed by atoms with Gasteiger partial charge in [-0.2, -0.15) is 0 Å². The summed E-state index contributed by atoms with van der Waals surface area (Å²) in [4.78, 5) is 11.1. The number of hydrogen-bond acceptors (Lipinski definition) is 2. The van der Waals surface area contributed by atoms with E-state index in [2.05, 4.69) is 13.8 Å². The maximum absolute atomic E-state index is 11.1. The van der Waals surface area contributed by atoms with Crippen molar-refractivity contribution in [1.29, 1.82) is 0 Å². The summed E-state index contributed by atoms with van der Waals surface area (Å²) < 4.78 is 0. The lowest BCUT2D eigenvalue weighted by Gasteiger charge is -2.17. The van der Waals surface area contributed by atoms with Crippen molar-refractivity contribution in [3.8, 4) is 0 Å². The minimum Gasteiger partial charge on any atom is -0.385 e.